The fraction of sp³-hybridized carbons (Fsp3) is 0.633. The monoisotopic (exact) mass is 578 g/mol. The highest BCUT2D eigenvalue weighted by Crippen LogP contribution is 2.52. The van der Waals surface area contributed by atoms with Gasteiger partial charge in [0.2, 0.25) is 5.91 Å². The molecule has 0 saturated carbocycles. The van der Waals surface area contributed by atoms with Gasteiger partial charge in [0.15, 0.2) is 0 Å². The van der Waals surface area contributed by atoms with E-state index in [2.05, 4.69) is 5.32 Å². The van der Waals surface area contributed by atoms with Crippen molar-refractivity contribution in [2.75, 3.05) is 0 Å². The molecule has 1 unspecified atom stereocenters. The Labute approximate surface area is 242 Å². The van der Waals surface area contributed by atoms with Gasteiger partial charge in [0.25, 0.3) is 0 Å². The molecule has 1 rings (SSSR count). The summed E-state index contributed by atoms with van der Waals surface area (Å²) in [7, 11) is 0. The minimum Gasteiger partial charge on any atom is -0.481 e. The average Bonchev–Trinajstić information content (AvgIpc) is 2.80. The molecule has 0 spiro atoms. The first-order valence-corrected chi connectivity index (χ1v) is 13.5. The summed E-state index contributed by atoms with van der Waals surface area (Å²) < 4.78 is 5.11. The number of amides is 2. The number of hydrogen-bond donors (Lipinski definition) is 4. The van der Waals surface area contributed by atoms with Crippen LogP contribution in [0.25, 0.3) is 0 Å². The van der Waals surface area contributed by atoms with E-state index in [-0.39, 0.29) is 13.0 Å². The van der Waals surface area contributed by atoms with Crippen LogP contribution in [0.4, 0.5) is 4.79 Å². The predicted molar refractivity (Wildman–Crippen MR) is 152 cm³/mol. The molecule has 0 fully saturated rings. The topological polar surface area (TPSA) is 171 Å². The van der Waals surface area contributed by atoms with Gasteiger partial charge in [0.1, 0.15) is 18.2 Å². The van der Waals surface area contributed by atoms with E-state index >= 15 is 0 Å². The summed E-state index contributed by atoms with van der Waals surface area (Å²) >= 11 is 0. The molecule has 1 aromatic rings. The molecule has 0 aliphatic heterocycles. The van der Waals surface area contributed by atoms with Gasteiger partial charge in [-0.3, -0.25) is 9.59 Å². The van der Waals surface area contributed by atoms with Crippen LogP contribution >= 0.6 is 0 Å². The third-order valence-electron chi connectivity index (χ3n) is 7.12. The molecule has 0 radical (unpaired) electrons. The number of aliphatic carboxylic acids is 3. The number of carbonyl (C=O) groups is 5. The summed E-state index contributed by atoms with van der Waals surface area (Å²) in [5.41, 5.74) is -4.42. The van der Waals surface area contributed by atoms with Crippen LogP contribution in [0.3, 0.4) is 0 Å². The normalized spacial score (nSPS) is 15.1. The summed E-state index contributed by atoms with van der Waals surface area (Å²) in [6, 6.07) is 7.31. The number of benzene rings is 1. The Hall–Kier alpha value is -3.63. The van der Waals surface area contributed by atoms with Gasteiger partial charge >= 0.3 is 24.0 Å². The van der Waals surface area contributed by atoms with Crippen molar-refractivity contribution in [1.82, 2.24) is 10.2 Å². The summed E-state index contributed by atoms with van der Waals surface area (Å²) in [5.74, 6) is -5.66. The molecule has 3 atom stereocenters. The fourth-order valence-electron chi connectivity index (χ4n) is 5.48. The van der Waals surface area contributed by atoms with Gasteiger partial charge in [0, 0.05) is 17.9 Å². The predicted octanol–water partition coefficient (Wildman–Crippen LogP) is 4.78. The fourth-order valence-corrected chi connectivity index (χ4v) is 5.48. The molecular weight excluding hydrogens is 532 g/mol. The standard InChI is InChI=1S/C30H46N2O9/c1-27(2,3)21(17-23(34)35)30(25(38)39,28(4,5)6)32(29(7,8)9)22(33)16-15-20(24(36)37)31-26(40)41-18-19-13-11-10-12-14-19/h10-14,20-21H,15-18H2,1-9H3,(H,31,40)(H,34,35)(H,36,37)(H,38,39)/t20-,21?,30-/m0/s1. The van der Waals surface area contributed by atoms with Crippen molar-refractivity contribution in [1.29, 1.82) is 0 Å². The van der Waals surface area contributed by atoms with Gasteiger partial charge in [0.05, 0.1) is 6.42 Å². The van der Waals surface area contributed by atoms with Crippen LogP contribution in [0.2, 0.25) is 0 Å². The van der Waals surface area contributed by atoms with Crippen molar-refractivity contribution in [3.05, 3.63) is 35.9 Å². The number of nitrogens with one attached hydrogen (secondary N) is 1. The summed E-state index contributed by atoms with van der Waals surface area (Å²) in [5, 5.41) is 32.7. The maximum atomic E-state index is 14.0. The molecule has 0 saturated heterocycles. The third-order valence-corrected chi connectivity index (χ3v) is 7.12. The van der Waals surface area contributed by atoms with Crippen molar-refractivity contribution in [2.24, 2.45) is 16.7 Å². The lowest BCUT2D eigenvalue weighted by Crippen LogP contribution is -2.74. The van der Waals surface area contributed by atoms with E-state index in [1.807, 2.05) is 0 Å². The van der Waals surface area contributed by atoms with E-state index < -0.39 is 76.6 Å². The number of rotatable bonds is 12. The van der Waals surface area contributed by atoms with Crippen LogP contribution in [0, 0.1) is 16.7 Å². The second-order valence-electron chi connectivity index (χ2n) is 13.4. The number of nitrogens with zero attached hydrogens (tertiary/aromatic N) is 1. The first kappa shape index (κ1) is 35.4. The second-order valence-corrected chi connectivity index (χ2v) is 13.4. The summed E-state index contributed by atoms with van der Waals surface area (Å²) in [4.78, 5) is 64.9. The summed E-state index contributed by atoms with van der Waals surface area (Å²) in [6.07, 6.45) is -2.27. The Balaban J connectivity index is 3.44. The minimum atomic E-state index is -2.00. The molecule has 2 amide bonds. The number of carboxylic acids is 3. The van der Waals surface area contributed by atoms with Gasteiger partial charge in [-0.25, -0.2) is 14.4 Å². The maximum Gasteiger partial charge on any atom is 0.408 e. The zero-order chi connectivity index (χ0) is 32.0. The van der Waals surface area contributed by atoms with Crippen molar-refractivity contribution >= 4 is 29.9 Å². The Bertz CT molecular complexity index is 1100. The zero-order valence-corrected chi connectivity index (χ0v) is 25.6. The van der Waals surface area contributed by atoms with E-state index in [9.17, 15) is 39.3 Å². The third kappa shape index (κ3) is 8.93. The van der Waals surface area contributed by atoms with Gasteiger partial charge in [-0.2, -0.15) is 0 Å². The molecule has 11 nitrogen and oxygen atoms in total. The molecule has 11 heteroatoms. The van der Waals surface area contributed by atoms with Crippen LogP contribution in [-0.2, 0) is 30.5 Å². The molecule has 0 aliphatic carbocycles. The molecule has 4 N–H and O–H groups in total. The zero-order valence-electron chi connectivity index (χ0n) is 25.6. The minimum absolute atomic E-state index is 0.0831. The average molecular weight is 579 g/mol. The van der Waals surface area contributed by atoms with Crippen LogP contribution in [0.1, 0.15) is 87.1 Å². The number of hydrogen-bond acceptors (Lipinski definition) is 6. The van der Waals surface area contributed by atoms with E-state index in [1.54, 1.807) is 92.6 Å². The number of alkyl carbamates (subject to hydrolysis) is 1. The van der Waals surface area contributed by atoms with Crippen molar-refractivity contribution in [3.63, 3.8) is 0 Å². The van der Waals surface area contributed by atoms with Gasteiger partial charge in [-0.15, -0.1) is 0 Å². The first-order valence-electron chi connectivity index (χ1n) is 13.5. The Morgan fingerprint density at radius 3 is 1.80 bits per heavy atom. The summed E-state index contributed by atoms with van der Waals surface area (Å²) in [6.45, 7) is 15.0. The van der Waals surface area contributed by atoms with Crippen LogP contribution in [0.5, 0.6) is 0 Å². The number of ether oxygens (including phenoxy) is 1. The highest BCUT2D eigenvalue weighted by atomic mass is 16.5. The molecule has 0 bridgehead atoms. The molecule has 0 aliphatic rings. The van der Waals surface area contributed by atoms with Gasteiger partial charge < -0.3 is 30.3 Å². The quantitative estimate of drug-likeness (QED) is 0.272. The van der Waals surface area contributed by atoms with E-state index in [0.29, 0.717) is 5.56 Å². The Morgan fingerprint density at radius 2 is 1.41 bits per heavy atom. The van der Waals surface area contributed by atoms with Crippen LogP contribution in [-0.4, -0.2) is 67.2 Å². The number of carbonyl (C=O) groups excluding carboxylic acids is 2. The van der Waals surface area contributed by atoms with Crippen molar-refractivity contribution < 1.29 is 44.0 Å². The van der Waals surface area contributed by atoms with Gasteiger partial charge in [-0.1, -0.05) is 71.9 Å². The highest BCUT2D eigenvalue weighted by molar-refractivity contribution is 5.90. The van der Waals surface area contributed by atoms with E-state index in [4.69, 9.17) is 4.74 Å². The molecule has 0 aromatic heterocycles. The lowest BCUT2D eigenvalue weighted by Gasteiger charge is -2.60. The molecular formula is C30H46N2O9. The molecule has 0 heterocycles. The second kappa shape index (κ2) is 13.4. The maximum absolute atomic E-state index is 14.0. The highest BCUT2D eigenvalue weighted by Gasteiger charge is 2.64. The molecule has 41 heavy (non-hydrogen) atoms. The SMILES string of the molecule is CC(C)(C)C(CC(=O)O)[C@@](C(=O)O)(N(C(=O)CC[C@H](NC(=O)OCc1ccccc1)C(=O)O)C(C)(C)C)C(C)(C)C. The van der Waals surface area contributed by atoms with Gasteiger partial charge in [-0.05, 0) is 43.6 Å². The van der Waals surface area contributed by atoms with Crippen LogP contribution in [0.15, 0.2) is 30.3 Å². The van der Waals surface area contributed by atoms with Crippen molar-refractivity contribution in [3.8, 4) is 0 Å². The van der Waals surface area contributed by atoms with Crippen molar-refractivity contribution in [2.45, 2.75) is 105 Å². The van der Waals surface area contributed by atoms with E-state index in [1.165, 1.54) is 4.90 Å². The molecule has 1 aromatic carbocycles. The first-order chi connectivity index (χ1) is 18.6. The Morgan fingerprint density at radius 1 is 0.878 bits per heavy atom. The Kier molecular flexibility index (Phi) is 11.5. The van der Waals surface area contributed by atoms with E-state index in [0.717, 1.165) is 0 Å². The molecule has 230 valence electrons. The largest absolute Gasteiger partial charge is 0.481 e. The number of carboxylic acid groups (broad SMARTS) is 3. The lowest BCUT2D eigenvalue weighted by atomic mass is 9.56. The lowest BCUT2D eigenvalue weighted by molar-refractivity contribution is -0.193. The van der Waals surface area contributed by atoms with Crippen LogP contribution < -0.4 is 5.32 Å². The smallest absolute Gasteiger partial charge is 0.408 e.